The first-order chi connectivity index (χ1) is 14.7. The SMILES string of the molecule is CCNC(=NCc1cnn(Cc2ccccc2)c1)NCC(C(C)C)N1CCOCC1.I. The lowest BCUT2D eigenvalue weighted by atomic mass is 10.0. The largest absolute Gasteiger partial charge is 0.379 e. The number of benzene rings is 1. The third-order valence-electron chi connectivity index (χ3n) is 5.40. The predicted molar refractivity (Wildman–Crippen MR) is 137 cm³/mol. The minimum absolute atomic E-state index is 0. The van der Waals surface area contributed by atoms with Crippen molar-refractivity contribution >= 4 is 29.9 Å². The van der Waals surface area contributed by atoms with E-state index in [4.69, 9.17) is 9.73 Å². The fraction of sp³-hybridized carbons (Fsp3) is 0.565. The summed E-state index contributed by atoms with van der Waals surface area (Å²) in [5, 5.41) is 11.4. The lowest BCUT2D eigenvalue weighted by molar-refractivity contribution is 0.00752. The molecule has 0 radical (unpaired) electrons. The van der Waals surface area contributed by atoms with Gasteiger partial charge in [-0.15, -0.1) is 24.0 Å². The maximum atomic E-state index is 5.51. The Morgan fingerprint density at radius 3 is 2.55 bits per heavy atom. The molecule has 1 aliphatic rings. The predicted octanol–water partition coefficient (Wildman–Crippen LogP) is 2.96. The molecule has 1 unspecified atom stereocenters. The molecular formula is C23H37IN6O. The smallest absolute Gasteiger partial charge is 0.191 e. The summed E-state index contributed by atoms with van der Waals surface area (Å²) in [5.41, 5.74) is 2.35. The van der Waals surface area contributed by atoms with Crippen molar-refractivity contribution in [2.75, 3.05) is 39.4 Å². The summed E-state index contributed by atoms with van der Waals surface area (Å²) in [6.07, 6.45) is 3.98. The minimum atomic E-state index is 0. The summed E-state index contributed by atoms with van der Waals surface area (Å²) in [6.45, 7) is 13.4. The molecule has 3 rings (SSSR count). The van der Waals surface area contributed by atoms with Crippen LogP contribution in [0.1, 0.15) is 31.9 Å². The zero-order valence-electron chi connectivity index (χ0n) is 19.0. The van der Waals surface area contributed by atoms with Crippen LogP contribution in [0, 0.1) is 5.92 Å². The van der Waals surface area contributed by atoms with Crippen molar-refractivity contribution in [3.63, 3.8) is 0 Å². The van der Waals surface area contributed by atoms with E-state index in [1.807, 2.05) is 16.9 Å². The molecule has 8 heteroatoms. The van der Waals surface area contributed by atoms with E-state index in [1.54, 1.807) is 0 Å². The van der Waals surface area contributed by atoms with E-state index >= 15 is 0 Å². The average Bonchev–Trinajstić information content (AvgIpc) is 3.20. The van der Waals surface area contributed by atoms with Crippen LogP contribution in [0.2, 0.25) is 0 Å². The summed E-state index contributed by atoms with van der Waals surface area (Å²) in [4.78, 5) is 7.30. The number of nitrogens with zero attached hydrogens (tertiary/aromatic N) is 4. The van der Waals surface area contributed by atoms with Crippen molar-refractivity contribution in [2.24, 2.45) is 10.9 Å². The van der Waals surface area contributed by atoms with Gasteiger partial charge in [0.1, 0.15) is 0 Å². The second-order valence-electron chi connectivity index (χ2n) is 8.07. The van der Waals surface area contributed by atoms with Gasteiger partial charge in [-0.2, -0.15) is 5.10 Å². The maximum absolute atomic E-state index is 5.51. The number of hydrogen-bond donors (Lipinski definition) is 2. The normalized spacial score (nSPS) is 16.1. The van der Waals surface area contributed by atoms with Crippen molar-refractivity contribution in [2.45, 2.75) is 39.9 Å². The number of nitrogens with one attached hydrogen (secondary N) is 2. The highest BCUT2D eigenvalue weighted by molar-refractivity contribution is 14.0. The van der Waals surface area contributed by atoms with Crippen LogP contribution in [0.25, 0.3) is 0 Å². The van der Waals surface area contributed by atoms with E-state index in [9.17, 15) is 0 Å². The zero-order chi connectivity index (χ0) is 21.2. The first kappa shape index (κ1) is 25.6. The van der Waals surface area contributed by atoms with Gasteiger partial charge in [-0.05, 0) is 18.4 Å². The van der Waals surface area contributed by atoms with Crippen molar-refractivity contribution in [3.8, 4) is 0 Å². The molecule has 0 saturated carbocycles. The molecule has 1 aromatic carbocycles. The van der Waals surface area contributed by atoms with E-state index in [0.717, 1.165) is 57.5 Å². The Balaban J connectivity index is 0.00000341. The molecule has 2 heterocycles. The highest BCUT2D eigenvalue weighted by atomic mass is 127. The van der Waals surface area contributed by atoms with Crippen molar-refractivity contribution in [1.29, 1.82) is 0 Å². The van der Waals surface area contributed by atoms with Crippen LogP contribution in [0.4, 0.5) is 0 Å². The monoisotopic (exact) mass is 540 g/mol. The van der Waals surface area contributed by atoms with Gasteiger partial charge in [0.2, 0.25) is 0 Å². The number of guanidine groups is 1. The summed E-state index contributed by atoms with van der Waals surface area (Å²) in [6, 6.07) is 10.8. The lowest BCUT2D eigenvalue weighted by Gasteiger charge is -2.37. The van der Waals surface area contributed by atoms with E-state index in [1.165, 1.54) is 5.56 Å². The highest BCUT2D eigenvalue weighted by Crippen LogP contribution is 2.12. The molecule has 0 amide bonds. The zero-order valence-corrected chi connectivity index (χ0v) is 21.3. The molecule has 7 nitrogen and oxygen atoms in total. The van der Waals surface area contributed by atoms with Gasteiger partial charge in [-0.25, -0.2) is 4.99 Å². The maximum Gasteiger partial charge on any atom is 0.191 e. The van der Waals surface area contributed by atoms with Crippen LogP contribution in [0.15, 0.2) is 47.7 Å². The number of aliphatic imine (C=N–C) groups is 1. The number of halogens is 1. The Labute approximate surface area is 203 Å². The number of rotatable bonds is 9. The third kappa shape index (κ3) is 8.42. The van der Waals surface area contributed by atoms with Crippen molar-refractivity contribution in [3.05, 3.63) is 53.9 Å². The molecule has 0 aliphatic carbocycles. The summed E-state index contributed by atoms with van der Waals surface area (Å²) < 4.78 is 7.48. The summed E-state index contributed by atoms with van der Waals surface area (Å²) in [5.74, 6) is 1.42. The van der Waals surface area contributed by atoms with Gasteiger partial charge >= 0.3 is 0 Å². The van der Waals surface area contributed by atoms with Gasteiger partial charge in [-0.1, -0.05) is 44.2 Å². The van der Waals surface area contributed by atoms with Gasteiger partial charge in [0.05, 0.1) is 32.5 Å². The molecule has 31 heavy (non-hydrogen) atoms. The fourth-order valence-corrected chi connectivity index (χ4v) is 3.75. The van der Waals surface area contributed by atoms with E-state index < -0.39 is 0 Å². The van der Waals surface area contributed by atoms with Crippen LogP contribution in [0.5, 0.6) is 0 Å². The lowest BCUT2D eigenvalue weighted by Crippen LogP contribution is -2.52. The van der Waals surface area contributed by atoms with Gasteiger partial charge in [0.15, 0.2) is 5.96 Å². The molecule has 1 aromatic heterocycles. The second-order valence-corrected chi connectivity index (χ2v) is 8.07. The summed E-state index contributed by atoms with van der Waals surface area (Å²) >= 11 is 0. The molecule has 0 spiro atoms. The van der Waals surface area contributed by atoms with Gasteiger partial charge in [0.25, 0.3) is 0 Å². The molecule has 2 aromatic rings. The van der Waals surface area contributed by atoms with Crippen LogP contribution in [-0.2, 0) is 17.8 Å². The molecule has 2 N–H and O–H groups in total. The summed E-state index contributed by atoms with van der Waals surface area (Å²) in [7, 11) is 0. The quantitative estimate of drug-likeness (QED) is 0.291. The Morgan fingerprint density at radius 1 is 1.13 bits per heavy atom. The molecule has 1 atom stereocenters. The fourth-order valence-electron chi connectivity index (χ4n) is 3.75. The van der Waals surface area contributed by atoms with Crippen molar-refractivity contribution in [1.82, 2.24) is 25.3 Å². The van der Waals surface area contributed by atoms with E-state index in [2.05, 4.69) is 71.9 Å². The molecule has 0 bridgehead atoms. The molecular weight excluding hydrogens is 503 g/mol. The number of morpholine rings is 1. The van der Waals surface area contributed by atoms with Crippen LogP contribution < -0.4 is 10.6 Å². The second kappa shape index (κ2) is 13.7. The Kier molecular flexibility index (Phi) is 11.3. The number of aromatic nitrogens is 2. The van der Waals surface area contributed by atoms with Gasteiger partial charge in [-0.3, -0.25) is 9.58 Å². The Morgan fingerprint density at radius 2 is 1.87 bits per heavy atom. The first-order valence-electron chi connectivity index (χ1n) is 11.0. The van der Waals surface area contributed by atoms with Gasteiger partial charge < -0.3 is 15.4 Å². The first-order valence-corrected chi connectivity index (χ1v) is 11.0. The standard InChI is InChI=1S/C23H36N6O.HI/c1-4-24-23(26-16-22(19(2)3)28-10-12-30-13-11-28)25-14-21-15-27-29(18-21)17-20-8-6-5-7-9-20;/h5-9,15,18-19,22H,4,10-14,16-17H2,1-3H3,(H2,24,25,26);1H. The van der Waals surface area contributed by atoms with Crippen LogP contribution >= 0.6 is 24.0 Å². The topological polar surface area (TPSA) is 66.7 Å². The van der Waals surface area contributed by atoms with E-state index in [-0.39, 0.29) is 24.0 Å². The van der Waals surface area contributed by atoms with E-state index in [0.29, 0.717) is 18.5 Å². The minimum Gasteiger partial charge on any atom is -0.379 e. The Hall–Kier alpha value is -1.65. The van der Waals surface area contributed by atoms with Gasteiger partial charge in [0, 0.05) is 44.0 Å². The van der Waals surface area contributed by atoms with Crippen LogP contribution in [-0.4, -0.2) is 66.1 Å². The Bertz CT molecular complexity index is 773. The molecule has 1 aliphatic heterocycles. The third-order valence-corrected chi connectivity index (χ3v) is 5.40. The number of hydrogen-bond acceptors (Lipinski definition) is 4. The molecule has 1 fully saturated rings. The van der Waals surface area contributed by atoms with Crippen molar-refractivity contribution < 1.29 is 4.74 Å². The highest BCUT2D eigenvalue weighted by Gasteiger charge is 2.23. The van der Waals surface area contributed by atoms with Crippen LogP contribution in [0.3, 0.4) is 0 Å². The average molecular weight is 540 g/mol. The molecule has 1 saturated heterocycles. The number of ether oxygens (including phenoxy) is 1. The molecule has 172 valence electrons.